The molecule has 0 aliphatic heterocycles. The second-order valence-electron chi connectivity index (χ2n) is 5.76. The zero-order valence-electron chi connectivity index (χ0n) is 13.9. The van der Waals surface area contributed by atoms with Gasteiger partial charge in [-0.1, -0.05) is 23.8 Å². The van der Waals surface area contributed by atoms with Crippen LogP contribution >= 0.6 is 0 Å². The Kier molecular flexibility index (Phi) is 5.16. The van der Waals surface area contributed by atoms with Gasteiger partial charge in [0.15, 0.2) is 6.61 Å². The van der Waals surface area contributed by atoms with Crippen molar-refractivity contribution in [3.05, 3.63) is 64.7 Å². The molecule has 2 aromatic rings. The van der Waals surface area contributed by atoms with Crippen molar-refractivity contribution in [2.75, 3.05) is 25.6 Å². The van der Waals surface area contributed by atoms with Gasteiger partial charge < -0.3 is 9.64 Å². The maximum absolute atomic E-state index is 12.2. The van der Waals surface area contributed by atoms with Crippen molar-refractivity contribution in [3.63, 3.8) is 0 Å². The van der Waals surface area contributed by atoms with E-state index in [1.807, 2.05) is 57.1 Å². The molecule has 0 aliphatic rings. The molecule has 0 N–H and O–H groups in total. The first kappa shape index (κ1) is 16.7. The molecule has 2 aromatic carbocycles. The number of carbonyl (C=O) groups excluding carboxylic acids is 2. The third-order valence-corrected chi connectivity index (χ3v) is 3.64. The molecule has 4 nitrogen and oxygen atoms in total. The smallest absolute Gasteiger partial charge is 0.338 e. The first-order valence-corrected chi connectivity index (χ1v) is 7.43. The minimum absolute atomic E-state index is 0.194. The molecule has 0 atom stereocenters. The van der Waals surface area contributed by atoms with Gasteiger partial charge in [-0.3, -0.25) is 4.79 Å². The van der Waals surface area contributed by atoms with E-state index >= 15 is 0 Å². The summed E-state index contributed by atoms with van der Waals surface area (Å²) in [5.74, 6) is -0.686. The number of ether oxygens (including phenoxy) is 1. The molecule has 0 amide bonds. The summed E-state index contributed by atoms with van der Waals surface area (Å²) in [5, 5.41) is 0. The Morgan fingerprint density at radius 3 is 2.22 bits per heavy atom. The number of carbonyl (C=O) groups is 2. The second-order valence-corrected chi connectivity index (χ2v) is 5.76. The number of aryl methyl sites for hydroxylation is 2. The molecule has 0 saturated heterocycles. The van der Waals surface area contributed by atoms with E-state index < -0.39 is 5.97 Å². The minimum Gasteiger partial charge on any atom is -0.454 e. The Bertz CT molecular complexity index is 718. The van der Waals surface area contributed by atoms with Gasteiger partial charge in [0.05, 0.1) is 5.56 Å². The standard InChI is InChI=1S/C19H21NO3/c1-13-5-10-17(14(2)11-13)18(21)12-23-19(22)15-6-8-16(9-7-15)20(3)4/h5-11H,12H2,1-4H3. The normalized spacial score (nSPS) is 10.3. The molecular weight excluding hydrogens is 290 g/mol. The molecule has 0 aromatic heterocycles. The van der Waals surface area contributed by atoms with E-state index in [-0.39, 0.29) is 12.4 Å². The van der Waals surface area contributed by atoms with Gasteiger partial charge in [0.25, 0.3) is 0 Å². The maximum Gasteiger partial charge on any atom is 0.338 e. The SMILES string of the molecule is Cc1ccc(C(=O)COC(=O)c2ccc(N(C)C)cc2)c(C)c1. The molecule has 0 saturated carbocycles. The second kappa shape index (κ2) is 7.09. The minimum atomic E-state index is -0.492. The highest BCUT2D eigenvalue weighted by Gasteiger charge is 2.13. The summed E-state index contributed by atoms with van der Waals surface area (Å²) in [7, 11) is 3.85. The average Bonchev–Trinajstić information content (AvgIpc) is 2.52. The van der Waals surface area contributed by atoms with Gasteiger partial charge in [0, 0.05) is 25.3 Å². The fourth-order valence-corrected chi connectivity index (χ4v) is 2.31. The monoisotopic (exact) mass is 311 g/mol. The van der Waals surface area contributed by atoms with Crippen LogP contribution in [0, 0.1) is 13.8 Å². The van der Waals surface area contributed by atoms with Gasteiger partial charge in [-0.25, -0.2) is 4.79 Å². The lowest BCUT2D eigenvalue weighted by molar-refractivity contribution is 0.0474. The molecule has 0 radical (unpaired) electrons. The first-order chi connectivity index (χ1) is 10.9. The summed E-state index contributed by atoms with van der Waals surface area (Å²) < 4.78 is 5.13. The van der Waals surface area contributed by atoms with Crippen LogP contribution < -0.4 is 4.90 Å². The van der Waals surface area contributed by atoms with Crippen LogP contribution in [0.1, 0.15) is 31.8 Å². The Morgan fingerprint density at radius 2 is 1.65 bits per heavy atom. The van der Waals surface area contributed by atoms with Crippen molar-refractivity contribution >= 4 is 17.4 Å². The quantitative estimate of drug-likeness (QED) is 0.627. The van der Waals surface area contributed by atoms with Crippen LogP contribution in [0.5, 0.6) is 0 Å². The number of hydrogen-bond acceptors (Lipinski definition) is 4. The van der Waals surface area contributed by atoms with Crippen molar-refractivity contribution in [1.82, 2.24) is 0 Å². The molecule has 0 aliphatic carbocycles. The topological polar surface area (TPSA) is 46.6 Å². The molecule has 4 heteroatoms. The zero-order chi connectivity index (χ0) is 17.0. The van der Waals surface area contributed by atoms with Crippen LogP contribution in [0.2, 0.25) is 0 Å². The maximum atomic E-state index is 12.2. The Hall–Kier alpha value is -2.62. The number of ketones is 1. The van der Waals surface area contributed by atoms with Crippen molar-refractivity contribution < 1.29 is 14.3 Å². The predicted molar refractivity (Wildman–Crippen MR) is 91.3 cm³/mol. The lowest BCUT2D eigenvalue weighted by atomic mass is 10.0. The number of nitrogens with zero attached hydrogens (tertiary/aromatic N) is 1. The molecule has 0 spiro atoms. The van der Waals surface area contributed by atoms with E-state index in [1.54, 1.807) is 18.2 Å². The highest BCUT2D eigenvalue weighted by molar-refractivity contribution is 6.00. The zero-order valence-corrected chi connectivity index (χ0v) is 13.9. The molecule has 120 valence electrons. The fourth-order valence-electron chi connectivity index (χ4n) is 2.31. The van der Waals surface area contributed by atoms with E-state index in [1.165, 1.54) is 0 Å². The van der Waals surface area contributed by atoms with Crippen molar-refractivity contribution in [3.8, 4) is 0 Å². The predicted octanol–water partition coefficient (Wildman–Crippen LogP) is 3.41. The summed E-state index contributed by atoms with van der Waals surface area (Å²) in [6.45, 7) is 3.60. The summed E-state index contributed by atoms with van der Waals surface area (Å²) in [5.41, 5.74) is 4.00. The van der Waals surface area contributed by atoms with E-state index in [9.17, 15) is 9.59 Å². The molecule has 0 unspecified atom stereocenters. The van der Waals surface area contributed by atoms with Crippen LogP contribution in [-0.4, -0.2) is 32.5 Å². The highest BCUT2D eigenvalue weighted by Crippen LogP contribution is 2.14. The third-order valence-electron chi connectivity index (χ3n) is 3.64. The molecular formula is C19H21NO3. The average molecular weight is 311 g/mol. The Morgan fingerprint density at radius 1 is 1.00 bits per heavy atom. The summed E-state index contributed by atoms with van der Waals surface area (Å²) in [6.07, 6.45) is 0. The van der Waals surface area contributed by atoms with Gasteiger partial charge in [-0.15, -0.1) is 0 Å². The number of rotatable bonds is 5. The van der Waals surface area contributed by atoms with Crippen LogP contribution in [0.25, 0.3) is 0 Å². The highest BCUT2D eigenvalue weighted by atomic mass is 16.5. The van der Waals surface area contributed by atoms with Crippen molar-refractivity contribution in [2.45, 2.75) is 13.8 Å². The number of Topliss-reactive ketones (excluding diaryl/α,β-unsaturated/α-hetero) is 1. The first-order valence-electron chi connectivity index (χ1n) is 7.43. The van der Waals surface area contributed by atoms with E-state index in [4.69, 9.17) is 4.74 Å². The van der Waals surface area contributed by atoms with Crippen LogP contribution in [-0.2, 0) is 4.74 Å². The fraction of sp³-hybridized carbons (Fsp3) is 0.263. The molecule has 0 heterocycles. The molecule has 0 bridgehead atoms. The molecule has 0 fully saturated rings. The van der Waals surface area contributed by atoms with E-state index in [0.29, 0.717) is 11.1 Å². The van der Waals surface area contributed by atoms with Gasteiger partial charge in [0.1, 0.15) is 0 Å². The van der Waals surface area contributed by atoms with Gasteiger partial charge in [0.2, 0.25) is 5.78 Å². The largest absolute Gasteiger partial charge is 0.454 e. The summed E-state index contributed by atoms with van der Waals surface area (Å²) >= 11 is 0. The van der Waals surface area contributed by atoms with Crippen molar-refractivity contribution in [1.29, 1.82) is 0 Å². The number of esters is 1. The lowest BCUT2D eigenvalue weighted by Crippen LogP contribution is -2.15. The van der Waals surface area contributed by atoms with Crippen LogP contribution in [0.4, 0.5) is 5.69 Å². The van der Waals surface area contributed by atoms with Crippen LogP contribution in [0.15, 0.2) is 42.5 Å². The van der Waals surface area contributed by atoms with E-state index in [0.717, 1.165) is 16.8 Å². The van der Waals surface area contributed by atoms with Gasteiger partial charge in [-0.2, -0.15) is 0 Å². The Labute approximate surface area is 136 Å². The molecule has 2 rings (SSSR count). The van der Waals surface area contributed by atoms with Crippen molar-refractivity contribution in [2.24, 2.45) is 0 Å². The lowest BCUT2D eigenvalue weighted by Gasteiger charge is -2.12. The summed E-state index contributed by atoms with van der Waals surface area (Å²) in [6, 6.07) is 12.6. The third kappa shape index (κ3) is 4.19. The Balaban J connectivity index is 1.99. The van der Waals surface area contributed by atoms with Gasteiger partial charge in [-0.05, 0) is 43.7 Å². The van der Waals surface area contributed by atoms with Gasteiger partial charge >= 0.3 is 5.97 Å². The molecule has 23 heavy (non-hydrogen) atoms. The number of benzene rings is 2. The number of hydrogen-bond donors (Lipinski definition) is 0. The summed E-state index contributed by atoms with van der Waals surface area (Å²) in [4.78, 5) is 26.1. The van der Waals surface area contributed by atoms with E-state index in [2.05, 4.69) is 0 Å². The van der Waals surface area contributed by atoms with Crippen LogP contribution in [0.3, 0.4) is 0 Å². The number of anilines is 1.